The third-order valence-corrected chi connectivity index (χ3v) is 0.920. The first kappa shape index (κ1) is 6.25. The number of carbonyl (C=O) groups is 1. The second-order valence-corrected chi connectivity index (χ2v) is 1.65. The summed E-state index contributed by atoms with van der Waals surface area (Å²) in [5.41, 5.74) is 0. The Bertz CT molecular complexity index is 137. The lowest BCUT2D eigenvalue weighted by Gasteiger charge is -2.32. The van der Waals surface area contributed by atoms with Crippen LogP contribution in [0.4, 0.5) is 13.6 Å². The Kier molecular flexibility index (Phi) is 1.08. The minimum atomic E-state index is -2.82. The van der Waals surface area contributed by atoms with Gasteiger partial charge in [0, 0.05) is 0 Å². The number of alkyl halides is 2. The van der Waals surface area contributed by atoms with Crippen molar-refractivity contribution in [3.05, 3.63) is 0 Å². The van der Waals surface area contributed by atoms with Crippen molar-refractivity contribution in [2.24, 2.45) is 0 Å². The summed E-state index contributed by atoms with van der Waals surface area (Å²) in [7, 11) is 0. The number of carbonyl (C=O) groups excluding carboxylic acids is 1. The van der Waals surface area contributed by atoms with Gasteiger partial charge in [0.15, 0.2) is 0 Å². The zero-order valence-electron chi connectivity index (χ0n) is 4.56. The Morgan fingerprint density at radius 1 is 1.67 bits per heavy atom. The predicted molar refractivity (Wildman–Crippen MR) is 22.0 cm³/mol. The van der Waals surface area contributed by atoms with Gasteiger partial charge < -0.3 is 9.47 Å². The fourth-order valence-corrected chi connectivity index (χ4v) is 0.397. The second-order valence-electron chi connectivity index (χ2n) is 1.65. The summed E-state index contributed by atoms with van der Waals surface area (Å²) in [4.78, 5) is 9.77. The van der Waals surface area contributed by atoms with Crippen LogP contribution in [0.3, 0.4) is 0 Å². The van der Waals surface area contributed by atoms with Gasteiger partial charge in [-0.3, -0.25) is 0 Å². The maximum absolute atomic E-state index is 12.2. The number of ether oxygens (including phenoxy) is 2. The van der Waals surface area contributed by atoms with Crippen molar-refractivity contribution in [1.82, 2.24) is 0 Å². The Morgan fingerprint density at radius 3 is 2.22 bits per heavy atom. The van der Waals surface area contributed by atoms with Crippen LogP contribution in [0.5, 0.6) is 0 Å². The van der Waals surface area contributed by atoms with E-state index in [1.54, 1.807) is 0 Å². The van der Waals surface area contributed by atoms with Gasteiger partial charge in [-0.15, -0.1) is 0 Å². The normalized spacial score (nSPS) is 25.4. The fourth-order valence-electron chi connectivity index (χ4n) is 0.397. The van der Waals surface area contributed by atoms with Gasteiger partial charge in [0.2, 0.25) is 6.17 Å². The van der Waals surface area contributed by atoms with E-state index in [-0.39, 0.29) is 0 Å². The molecule has 3 nitrogen and oxygen atoms in total. The predicted octanol–water partition coefficient (Wildman–Crippen LogP) is 1.13. The summed E-state index contributed by atoms with van der Waals surface area (Å²) in [6, 6.07) is -2.82. The van der Waals surface area contributed by atoms with Crippen molar-refractivity contribution < 1.29 is 23.0 Å². The van der Waals surface area contributed by atoms with Crippen LogP contribution in [0.1, 0.15) is 6.92 Å². The van der Waals surface area contributed by atoms with Crippen LogP contribution in [-0.4, -0.2) is 18.4 Å². The molecule has 1 unspecified atom stereocenters. The van der Waals surface area contributed by atoms with Gasteiger partial charge in [-0.2, -0.15) is 4.39 Å². The SMILES string of the molecule is CC(F)C1(F)OC(=O)O1. The van der Waals surface area contributed by atoms with Crippen LogP contribution >= 0.6 is 0 Å². The molecule has 0 bridgehead atoms. The van der Waals surface area contributed by atoms with E-state index in [9.17, 15) is 13.6 Å². The molecule has 1 aliphatic heterocycles. The molecule has 1 heterocycles. The van der Waals surface area contributed by atoms with E-state index in [0.717, 1.165) is 6.92 Å². The topological polar surface area (TPSA) is 35.5 Å². The molecule has 0 aliphatic carbocycles. The van der Waals surface area contributed by atoms with E-state index < -0.39 is 18.4 Å². The number of hydrogen-bond donors (Lipinski definition) is 0. The van der Waals surface area contributed by atoms with Crippen molar-refractivity contribution >= 4 is 6.16 Å². The highest BCUT2D eigenvalue weighted by atomic mass is 19.2. The van der Waals surface area contributed by atoms with Crippen LogP contribution in [0.15, 0.2) is 0 Å². The Labute approximate surface area is 49.5 Å². The highest BCUT2D eigenvalue weighted by Crippen LogP contribution is 2.31. The average molecular weight is 138 g/mol. The molecule has 9 heavy (non-hydrogen) atoms. The Morgan fingerprint density at radius 2 is 2.11 bits per heavy atom. The largest absolute Gasteiger partial charge is 0.519 e. The molecule has 0 aromatic carbocycles. The van der Waals surface area contributed by atoms with E-state index in [1.165, 1.54) is 0 Å². The van der Waals surface area contributed by atoms with E-state index in [4.69, 9.17) is 0 Å². The van der Waals surface area contributed by atoms with Crippen molar-refractivity contribution in [1.29, 1.82) is 0 Å². The molecule has 0 spiro atoms. The van der Waals surface area contributed by atoms with E-state index in [0.29, 0.717) is 0 Å². The van der Waals surface area contributed by atoms with E-state index in [2.05, 4.69) is 9.47 Å². The van der Waals surface area contributed by atoms with Gasteiger partial charge in [0.05, 0.1) is 0 Å². The molecule has 1 fully saturated rings. The quantitative estimate of drug-likeness (QED) is 0.509. The summed E-state index contributed by atoms with van der Waals surface area (Å²) < 4.78 is 31.5. The van der Waals surface area contributed by atoms with Crippen LogP contribution in [0.2, 0.25) is 0 Å². The van der Waals surface area contributed by atoms with Gasteiger partial charge in [-0.05, 0) is 6.92 Å². The first-order valence-corrected chi connectivity index (χ1v) is 2.29. The molecule has 1 rings (SSSR count). The maximum Gasteiger partial charge on any atom is 0.519 e. The minimum absolute atomic E-state index is 0.895. The zero-order valence-corrected chi connectivity index (χ0v) is 4.56. The molecule has 5 heteroatoms. The molecule has 0 amide bonds. The van der Waals surface area contributed by atoms with Gasteiger partial charge in [-0.1, -0.05) is 0 Å². The van der Waals surface area contributed by atoms with Crippen molar-refractivity contribution in [2.75, 3.05) is 0 Å². The summed E-state index contributed by atoms with van der Waals surface area (Å²) in [6.45, 7) is 0.895. The lowest BCUT2D eigenvalue weighted by atomic mass is 10.4. The first-order chi connectivity index (χ1) is 4.04. The fraction of sp³-hybridized carbons (Fsp3) is 0.750. The lowest BCUT2D eigenvalue weighted by Crippen LogP contribution is -2.52. The van der Waals surface area contributed by atoms with E-state index in [1.807, 2.05) is 0 Å². The standard InChI is InChI=1S/C4H4F2O3/c1-2(5)4(6)8-3(7)9-4/h2H,1H3. The third kappa shape index (κ3) is 0.820. The summed E-state index contributed by atoms with van der Waals surface area (Å²) in [6.07, 6.45) is -3.13. The molecular formula is C4H4F2O3. The Hall–Kier alpha value is -0.870. The monoisotopic (exact) mass is 138 g/mol. The summed E-state index contributed by atoms with van der Waals surface area (Å²) in [5.74, 6) is 0. The number of rotatable bonds is 1. The molecule has 0 radical (unpaired) electrons. The van der Waals surface area contributed by atoms with Crippen LogP contribution < -0.4 is 0 Å². The van der Waals surface area contributed by atoms with Crippen molar-refractivity contribution in [3.8, 4) is 0 Å². The molecule has 0 N–H and O–H groups in total. The first-order valence-electron chi connectivity index (χ1n) is 2.29. The number of halogens is 2. The zero-order chi connectivity index (χ0) is 7.07. The Balaban J connectivity index is 2.49. The van der Waals surface area contributed by atoms with Crippen LogP contribution in [0.25, 0.3) is 0 Å². The van der Waals surface area contributed by atoms with Crippen LogP contribution in [0, 0.1) is 0 Å². The second kappa shape index (κ2) is 1.55. The van der Waals surface area contributed by atoms with Gasteiger partial charge in [0.25, 0.3) is 0 Å². The highest BCUT2D eigenvalue weighted by molar-refractivity contribution is 5.65. The lowest BCUT2D eigenvalue weighted by molar-refractivity contribution is -0.367. The van der Waals surface area contributed by atoms with E-state index >= 15 is 0 Å². The van der Waals surface area contributed by atoms with Gasteiger partial charge in [-0.25, -0.2) is 9.18 Å². The summed E-state index contributed by atoms with van der Waals surface area (Å²) in [5, 5.41) is 0. The summed E-state index contributed by atoms with van der Waals surface area (Å²) >= 11 is 0. The third-order valence-electron chi connectivity index (χ3n) is 0.920. The molecule has 0 saturated carbocycles. The molecule has 52 valence electrons. The smallest absolute Gasteiger partial charge is 0.359 e. The molecule has 1 atom stereocenters. The highest BCUT2D eigenvalue weighted by Gasteiger charge is 2.55. The molecule has 1 aliphatic rings. The molecule has 1 saturated heterocycles. The van der Waals surface area contributed by atoms with Gasteiger partial charge >= 0.3 is 12.2 Å². The number of cyclic esters (lactones) is 2. The van der Waals surface area contributed by atoms with Crippen molar-refractivity contribution in [3.63, 3.8) is 0 Å². The average Bonchev–Trinajstić information content (AvgIpc) is 1.62. The molecule has 0 aromatic rings. The van der Waals surface area contributed by atoms with Gasteiger partial charge in [0.1, 0.15) is 0 Å². The molecular weight excluding hydrogens is 134 g/mol. The minimum Gasteiger partial charge on any atom is -0.359 e. The maximum atomic E-state index is 12.2. The van der Waals surface area contributed by atoms with Crippen molar-refractivity contribution in [2.45, 2.75) is 19.1 Å². The molecule has 0 aromatic heterocycles. The number of hydrogen-bond acceptors (Lipinski definition) is 3. The van der Waals surface area contributed by atoms with Crippen LogP contribution in [-0.2, 0) is 9.47 Å².